The van der Waals surface area contributed by atoms with Gasteiger partial charge >= 0.3 is 0 Å². The molecule has 1 heterocycles. The number of carbonyl (C=O) groups excluding carboxylic acids is 1. The van der Waals surface area contributed by atoms with Crippen LogP contribution >= 0.6 is 0 Å². The number of hydrogen-bond donors (Lipinski definition) is 1. The second-order valence-corrected chi connectivity index (χ2v) is 4.65. The first-order valence-corrected chi connectivity index (χ1v) is 6.48. The third-order valence-electron chi connectivity index (χ3n) is 2.98. The van der Waals surface area contributed by atoms with Crippen LogP contribution in [0.2, 0.25) is 0 Å². The maximum Gasteiger partial charge on any atom is 0.220 e. The Balaban J connectivity index is 1.80. The van der Waals surface area contributed by atoms with E-state index in [1.54, 1.807) is 19.1 Å². The predicted octanol–water partition coefficient (Wildman–Crippen LogP) is 2.68. The fourth-order valence-electron chi connectivity index (χ4n) is 1.96. The van der Waals surface area contributed by atoms with Crippen molar-refractivity contribution in [2.45, 2.75) is 33.2 Å². The topological polar surface area (TPSA) is 55.1 Å². The van der Waals surface area contributed by atoms with Gasteiger partial charge in [-0.25, -0.2) is 9.37 Å². The van der Waals surface area contributed by atoms with Crippen LogP contribution in [0.5, 0.6) is 0 Å². The van der Waals surface area contributed by atoms with E-state index in [0.717, 1.165) is 11.3 Å². The third-order valence-corrected chi connectivity index (χ3v) is 2.98. The standard InChI is InChI=1S/C15H17FN2O2/c1-10-14(20-11(2)18-10)9-17-15(19)7-6-12-4-3-5-13(16)8-12/h3-5,8H,6-7,9H2,1-2H3,(H,17,19). The summed E-state index contributed by atoms with van der Waals surface area (Å²) in [4.78, 5) is 15.9. The molecule has 1 aromatic heterocycles. The number of hydrogen-bond acceptors (Lipinski definition) is 3. The van der Waals surface area contributed by atoms with Crippen molar-refractivity contribution in [1.82, 2.24) is 10.3 Å². The summed E-state index contributed by atoms with van der Waals surface area (Å²) in [6, 6.07) is 6.28. The Morgan fingerprint density at radius 3 is 2.85 bits per heavy atom. The van der Waals surface area contributed by atoms with Gasteiger partial charge in [0.05, 0.1) is 12.2 Å². The highest BCUT2D eigenvalue weighted by Crippen LogP contribution is 2.09. The van der Waals surface area contributed by atoms with Crippen LogP contribution in [-0.2, 0) is 17.8 Å². The second-order valence-electron chi connectivity index (χ2n) is 4.65. The van der Waals surface area contributed by atoms with Gasteiger partial charge in [-0.15, -0.1) is 0 Å². The zero-order valence-electron chi connectivity index (χ0n) is 11.6. The molecule has 0 aliphatic heterocycles. The monoisotopic (exact) mass is 276 g/mol. The van der Waals surface area contributed by atoms with Gasteiger partial charge in [-0.2, -0.15) is 0 Å². The third kappa shape index (κ3) is 3.91. The lowest BCUT2D eigenvalue weighted by molar-refractivity contribution is -0.121. The minimum Gasteiger partial charge on any atom is -0.444 e. The summed E-state index contributed by atoms with van der Waals surface area (Å²) < 4.78 is 18.4. The molecular formula is C15H17FN2O2. The number of nitrogens with one attached hydrogen (secondary N) is 1. The molecule has 1 amide bonds. The van der Waals surface area contributed by atoms with Crippen molar-refractivity contribution < 1.29 is 13.6 Å². The van der Waals surface area contributed by atoms with Gasteiger partial charge in [0.2, 0.25) is 5.91 Å². The number of benzene rings is 1. The fraction of sp³-hybridized carbons (Fsp3) is 0.333. The maximum atomic E-state index is 13.0. The highest BCUT2D eigenvalue weighted by molar-refractivity contribution is 5.76. The molecule has 0 aliphatic rings. The van der Waals surface area contributed by atoms with Gasteiger partial charge in [-0.1, -0.05) is 12.1 Å². The van der Waals surface area contributed by atoms with E-state index in [1.165, 1.54) is 12.1 Å². The van der Waals surface area contributed by atoms with E-state index in [1.807, 2.05) is 6.92 Å². The van der Waals surface area contributed by atoms with Crippen LogP contribution in [0.25, 0.3) is 0 Å². The zero-order chi connectivity index (χ0) is 14.5. The van der Waals surface area contributed by atoms with Crippen molar-refractivity contribution in [1.29, 1.82) is 0 Å². The lowest BCUT2D eigenvalue weighted by atomic mass is 10.1. The van der Waals surface area contributed by atoms with Gasteiger partial charge in [0.1, 0.15) is 11.6 Å². The van der Waals surface area contributed by atoms with Crippen LogP contribution in [0.15, 0.2) is 28.7 Å². The van der Waals surface area contributed by atoms with Crippen molar-refractivity contribution in [3.8, 4) is 0 Å². The summed E-state index contributed by atoms with van der Waals surface area (Å²) in [6.45, 7) is 3.93. The zero-order valence-corrected chi connectivity index (χ0v) is 11.6. The van der Waals surface area contributed by atoms with Gasteiger partial charge in [0, 0.05) is 13.3 Å². The quantitative estimate of drug-likeness (QED) is 0.913. The van der Waals surface area contributed by atoms with E-state index in [9.17, 15) is 9.18 Å². The molecule has 2 aromatic rings. The van der Waals surface area contributed by atoms with E-state index in [-0.39, 0.29) is 11.7 Å². The number of rotatable bonds is 5. The minimum atomic E-state index is -0.282. The number of aryl methyl sites for hydroxylation is 3. The smallest absolute Gasteiger partial charge is 0.220 e. The van der Waals surface area contributed by atoms with Crippen molar-refractivity contribution in [2.75, 3.05) is 0 Å². The van der Waals surface area contributed by atoms with E-state index in [0.29, 0.717) is 31.0 Å². The Kier molecular flexibility index (Phi) is 4.50. The molecule has 0 saturated heterocycles. The average Bonchev–Trinajstić information content (AvgIpc) is 2.72. The minimum absolute atomic E-state index is 0.0947. The summed E-state index contributed by atoms with van der Waals surface area (Å²) in [5, 5.41) is 2.77. The molecule has 0 fully saturated rings. The van der Waals surface area contributed by atoms with Crippen LogP contribution in [0.3, 0.4) is 0 Å². The Bertz CT molecular complexity index is 608. The maximum absolute atomic E-state index is 13.0. The van der Waals surface area contributed by atoms with Gasteiger partial charge < -0.3 is 9.73 Å². The summed E-state index contributed by atoms with van der Waals surface area (Å²) in [5.74, 6) is 0.881. The summed E-state index contributed by atoms with van der Waals surface area (Å²) >= 11 is 0. The molecule has 0 radical (unpaired) electrons. The molecule has 0 saturated carbocycles. The van der Waals surface area contributed by atoms with Crippen LogP contribution in [0.4, 0.5) is 4.39 Å². The van der Waals surface area contributed by atoms with Gasteiger partial charge in [0.15, 0.2) is 5.89 Å². The molecule has 4 nitrogen and oxygen atoms in total. The van der Waals surface area contributed by atoms with Gasteiger partial charge in [0.25, 0.3) is 0 Å². The number of halogens is 1. The second kappa shape index (κ2) is 6.32. The molecule has 2 rings (SSSR count). The SMILES string of the molecule is Cc1nc(C)c(CNC(=O)CCc2cccc(F)c2)o1. The van der Waals surface area contributed by atoms with E-state index >= 15 is 0 Å². The number of nitrogens with zero attached hydrogens (tertiary/aromatic N) is 1. The first-order valence-electron chi connectivity index (χ1n) is 6.48. The fourth-order valence-corrected chi connectivity index (χ4v) is 1.96. The number of carbonyl (C=O) groups is 1. The molecule has 1 aromatic carbocycles. The molecule has 0 atom stereocenters. The lowest BCUT2D eigenvalue weighted by Gasteiger charge is -2.04. The molecule has 0 aliphatic carbocycles. The van der Waals surface area contributed by atoms with E-state index < -0.39 is 0 Å². The van der Waals surface area contributed by atoms with Crippen molar-refractivity contribution in [3.05, 3.63) is 53.0 Å². The molecule has 0 spiro atoms. The highest BCUT2D eigenvalue weighted by atomic mass is 19.1. The van der Waals surface area contributed by atoms with Crippen LogP contribution in [-0.4, -0.2) is 10.9 Å². The predicted molar refractivity (Wildman–Crippen MR) is 72.5 cm³/mol. The summed E-state index contributed by atoms with van der Waals surface area (Å²) in [5.41, 5.74) is 1.60. The molecule has 0 unspecified atom stereocenters. The van der Waals surface area contributed by atoms with Gasteiger partial charge in [-0.3, -0.25) is 4.79 Å². The van der Waals surface area contributed by atoms with Crippen molar-refractivity contribution in [3.63, 3.8) is 0 Å². The Hall–Kier alpha value is -2.17. The summed E-state index contributed by atoms with van der Waals surface area (Å²) in [6.07, 6.45) is 0.827. The largest absolute Gasteiger partial charge is 0.444 e. The normalized spacial score (nSPS) is 10.6. The Morgan fingerprint density at radius 1 is 1.40 bits per heavy atom. The van der Waals surface area contributed by atoms with Crippen molar-refractivity contribution >= 4 is 5.91 Å². The molecule has 106 valence electrons. The van der Waals surface area contributed by atoms with Crippen molar-refractivity contribution in [2.24, 2.45) is 0 Å². The number of aromatic nitrogens is 1. The van der Waals surface area contributed by atoms with Gasteiger partial charge in [-0.05, 0) is 31.0 Å². The molecule has 5 heteroatoms. The van der Waals surface area contributed by atoms with E-state index in [4.69, 9.17) is 4.42 Å². The van der Waals surface area contributed by atoms with E-state index in [2.05, 4.69) is 10.3 Å². The number of oxazole rings is 1. The summed E-state index contributed by atoms with van der Waals surface area (Å²) in [7, 11) is 0. The first-order chi connectivity index (χ1) is 9.54. The first kappa shape index (κ1) is 14.2. The molecular weight excluding hydrogens is 259 g/mol. The molecule has 20 heavy (non-hydrogen) atoms. The Labute approximate surface area is 117 Å². The molecule has 1 N–H and O–H groups in total. The van der Waals surface area contributed by atoms with Crippen LogP contribution < -0.4 is 5.32 Å². The molecule has 0 bridgehead atoms. The number of amides is 1. The lowest BCUT2D eigenvalue weighted by Crippen LogP contribution is -2.23. The highest BCUT2D eigenvalue weighted by Gasteiger charge is 2.08. The Morgan fingerprint density at radius 2 is 2.20 bits per heavy atom. The average molecular weight is 276 g/mol. The van der Waals surface area contributed by atoms with Crippen LogP contribution in [0.1, 0.15) is 29.3 Å². The van der Waals surface area contributed by atoms with Crippen LogP contribution in [0, 0.1) is 19.7 Å².